The van der Waals surface area contributed by atoms with Gasteiger partial charge in [-0.3, -0.25) is 4.79 Å². The van der Waals surface area contributed by atoms with Crippen molar-refractivity contribution in [3.8, 4) is 0 Å². The fraction of sp³-hybridized carbons (Fsp3) is 0.412. The third-order valence-electron chi connectivity index (χ3n) is 3.24. The number of oxazole rings is 1. The lowest BCUT2D eigenvalue weighted by atomic mass is 9.97. The molecule has 0 fully saturated rings. The lowest BCUT2D eigenvalue weighted by molar-refractivity contribution is -0.116. The zero-order chi connectivity index (χ0) is 16.3. The number of rotatable bonds is 4. The van der Waals surface area contributed by atoms with Crippen LogP contribution in [0.1, 0.15) is 44.5 Å². The van der Waals surface area contributed by atoms with Gasteiger partial charge in [0.25, 0.3) is 0 Å². The number of carbonyl (C=O) groups is 1. The summed E-state index contributed by atoms with van der Waals surface area (Å²) in [7, 11) is 0. The summed E-state index contributed by atoms with van der Waals surface area (Å²) in [6.07, 6.45) is 0.941. The molecule has 0 bridgehead atoms. The first-order valence-corrected chi connectivity index (χ1v) is 8.36. The van der Waals surface area contributed by atoms with Gasteiger partial charge in [0.15, 0.2) is 5.89 Å². The van der Waals surface area contributed by atoms with E-state index in [1.165, 1.54) is 0 Å². The number of amides is 1. The Morgan fingerprint density at radius 3 is 2.45 bits per heavy atom. The highest BCUT2D eigenvalue weighted by atomic mass is 127. The quantitative estimate of drug-likeness (QED) is 0.755. The summed E-state index contributed by atoms with van der Waals surface area (Å²) < 4.78 is 6.94. The van der Waals surface area contributed by atoms with E-state index in [-0.39, 0.29) is 11.3 Å². The molecule has 0 aliphatic rings. The SMILES string of the molecule is Cc1nc(C(C)(C)C)oc1CCC(=O)Nc1ccc(I)cc1. The highest BCUT2D eigenvalue weighted by molar-refractivity contribution is 14.1. The van der Waals surface area contributed by atoms with Crippen molar-refractivity contribution in [3.05, 3.63) is 45.2 Å². The highest BCUT2D eigenvalue weighted by Crippen LogP contribution is 2.24. The Bertz CT molecular complexity index is 654. The first kappa shape index (κ1) is 17.0. The molecule has 2 rings (SSSR count). The van der Waals surface area contributed by atoms with Gasteiger partial charge >= 0.3 is 0 Å². The van der Waals surface area contributed by atoms with Gasteiger partial charge in [0.05, 0.1) is 5.69 Å². The molecule has 0 saturated carbocycles. The van der Waals surface area contributed by atoms with Crippen LogP contribution >= 0.6 is 22.6 Å². The van der Waals surface area contributed by atoms with Gasteiger partial charge in [0, 0.05) is 27.5 Å². The molecule has 0 radical (unpaired) electrons. The van der Waals surface area contributed by atoms with Gasteiger partial charge in [-0.1, -0.05) is 20.8 Å². The summed E-state index contributed by atoms with van der Waals surface area (Å²) in [6, 6.07) is 7.73. The van der Waals surface area contributed by atoms with Crippen molar-refractivity contribution in [2.75, 3.05) is 5.32 Å². The van der Waals surface area contributed by atoms with E-state index in [2.05, 4.69) is 53.7 Å². The van der Waals surface area contributed by atoms with Crippen LogP contribution in [0.3, 0.4) is 0 Å². The number of anilines is 1. The van der Waals surface area contributed by atoms with Crippen LogP contribution in [0.25, 0.3) is 0 Å². The largest absolute Gasteiger partial charge is 0.445 e. The number of aromatic nitrogens is 1. The molecule has 2 aromatic rings. The first-order valence-electron chi connectivity index (χ1n) is 7.28. The van der Waals surface area contributed by atoms with Crippen LogP contribution in [-0.2, 0) is 16.6 Å². The minimum Gasteiger partial charge on any atom is -0.445 e. The van der Waals surface area contributed by atoms with Crippen molar-refractivity contribution in [2.45, 2.75) is 46.0 Å². The molecule has 1 aromatic carbocycles. The molecule has 1 N–H and O–H groups in total. The lowest BCUT2D eigenvalue weighted by Gasteiger charge is -2.12. The molecule has 0 saturated heterocycles. The van der Waals surface area contributed by atoms with E-state index in [9.17, 15) is 4.79 Å². The summed E-state index contributed by atoms with van der Waals surface area (Å²) in [4.78, 5) is 16.5. The normalized spacial score (nSPS) is 11.5. The molecular weight excluding hydrogens is 391 g/mol. The van der Waals surface area contributed by atoms with Crippen molar-refractivity contribution in [1.29, 1.82) is 0 Å². The van der Waals surface area contributed by atoms with E-state index in [0.717, 1.165) is 26.6 Å². The van der Waals surface area contributed by atoms with E-state index in [4.69, 9.17) is 4.42 Å². The maximum Gasteiger partial charge on any atom is 0.224 e. The van der Waals surface area contributed by atoms with Crippen molar-refractivity contribution in [2.24, 2.45) is 0 Å². The summed E-state index contributed by atoms with van der Waals surface area (Å²) in [5, 5.41) is 2.89. The molecule has 1 aromatic heterocycles. The fourth-order valence-corrected chi connectivity index (χ4v) is 2.32. The summed E-state index contributed by atoms with van der Waals surface area (Å²) >= 11 is 2.23. The molecule has 22 heavy (non-hydrogen) atoms. The molecule has 0 unspecified atom stereocenters. The Hall–Kier alpha value is -1.37. The van der Waals surface area contributed by atoms with E-state index >= 15 is 0 Å². The average molecular weight is 412 g/mol. The Kier molecular flexibility index (Phi) is 5.26. The molecule has 0 atom stereocenters. The number of benzene rings is 1. The fourth-order valence-electron chi connectivity index (χ4n) is 1.96. The van der Waals surface area contributed by atoms with Gasteiger partial charge in [-0.2, -0.15) is 0 Å². The zero-order valence-electron chi connectivity index (χ0n) is 13.4. The van der Waals surface area contributed by atoms with Gasteiger partial charge in [0.1, 0.15) is 5.76 Å². The van der Waals surface area contributed by atoms with Gasteiger partial charge in [-0.05, 0) is 53.8 Å². The average Bonchev–Trinajstić information content (AvgIpc) is 2.80. The third kappa shape index (κ3) is 4.56. The second kappa shape index (κ2) is 6.81. The Morgan fingerprint density at radius 2 is 1.91 bits per heavy atom. The smallest absolute Gasteiger partial charge is 0.224 e. The number of hydrogen-bond acceptors (Lipinski definition) is 3. The third-order valence-corrected chi connectivity index (χ3v) is 3.96. The molecule has 118 valence electrons. The molecule has 4 nitrogen and oxygen atoms in total. The van der Waals surface area contributed by atoms with Crippen LogP contribution in [0, 0.1) is 10.5 Å². The molecule has 0 aliphatic carbocycles. The zero-order valence-corrected chi connectivity index (χ0v) is 15.5. The van der Waals surface area contributed by atoms with Crippen LogP contribution in [0.4, 0.5) is 5.69 Å². The van der Waals surface area contributed by atoms with Crippen LogP contribution in [0.15, 0.2) is 28.7 Å². The minimum atomic E-state index is -0.119. The molecule has 1 heterocycles. The van der Waals surface area contributed by atoms with E-state index in [0.29, 0.717) is 12.8 Å². The predicted octanol–water partition coefficient (Wildman–Crippen LogP) is 4.46. The van der Waals surface area contributed by atoms with Crippen LogP contribution in [0.2, 0.25) is 0 Å². The summed E-state index contributed by atoms with van der Waals surface area (Å²) in [6.45, 7) is 8.10. The predicted molar refractivity (Wildman–Crippen MR) is 96.0 cm³/mol. The number of nitrogens with zero attached hydrogens (tertiary/aromatic N) is 1. The lowest BCUT2D eigenvalue weighted by Crippen LogP contribution is -2.12. The number of aryl methyl sites for hydroxylation is 2. The maximum atomic E-state index is 12.0. The number of nitrogens with one attached hydrogen (secondary N) is 1. The molecular formula is C17H21IN2O2. The van der Waals surface area contributed by atoms with Gasteiger partial charge in [-0.15, -0.1) is 0 Å². The maximum absolute atomic E-state index is 12.0. The van der Waals surface area contributed by atoms with Crippen molar-refractivity contribution < 1.29 is 9.21 Å². The first-order chi connectivity index (χ1) is 10.3. The van der Waals surface area contributed by atoms with E-state index in [1.54, 1.807) is 0 Å². The molecule has 1 amide bonds. The number of carbonyl (C=O) groups excluding carboxylic acids is 1. The molecule has 0 spiro atoms. The molecule has 0 aliphatic heterocycles. The van der Waals surface area contributed by atoms with Crippen LogP contribution < -0.4 is 5.32 Å². The van der Waals surface area contributed by atoms with Crippen LogP contribution in [0.5, 0.6) is 0 Å². The topological polar surface area (TPSA) is 55.1 Å². The Balaban J connectivity index is 1.94. The Morgan fingerprint density at radius 1 is 1.27 bits per heavy atom. The second-order valence-electron chi connectivity index (χ2n) is 6.33. The van der Waals surface area contributed by atoms with Gasteiger partial charge in [-0.25, -0.2) is 4.98 Å². The van der Waals surface area contributed by atoms with Crippen molar-refractivity contribution >= 4 is 34.2 Å². The van der Waals surface area contributed by atoms with Gasteiger partial charge < -0.3 is 9.73 Å². The Labute approximate surface area is 144 Å². The molecule has 5 heteroatoms. The number of halogens is 1. The van der Waals surface area contributed by atoms with Crippen LogP contribution in [-0.4, -0.2) is 10.9 Å². The monoisotopic (exact) mass is 412 g/mol. The summed E-state index contributed by atoms with van der Waals surface area (Å²) in [5.74, 6) is 1.50. The summed E-state index contributed by atoms with van der Waals surface area (Å²) in [5.41, 5.74) is 1.56. The van der Waals surface area contributed by atoms with E-state index in [1.807, 2.05) is 31.2 Å². The van der Waals surface area contributed by atoms with Crippen molar-refractivity contribution in [1.82, 2.24) is 4.98 Å². The highest BCUT2D eigenvalue weighted by Gasteiger charge is 2.22. The van der Waals surface area contributed by atoms with Gasteiger partial charge in [0.2, 0.25) is 5.91 Å². The second-order valence-corrected chi connectivity index (χ2v) is 7.58. The van der Waals surface area contributed by atoms with Crippen molar-refractivity contribution in [3.63, 3.8) is 0 Å². The van der Waals surface area contributed by atoms with E-state index < -0.39 is 0 Å². The minimum absolute atomic E-state index is 0.0192. The number of hydrogen-bond donors (Lipinski definition) is 1. The standard InChI is InChI=1S/C17H21IN2O2/c1-11-14(22-16(19-11)17(2,3)4)9-10-15(21)20-13-7-5-12(18)6-8-13/h5-8H,9-10H2,1-4H3,(H,20,21).